The minimum absolute atomic E-state index is 0.498. The summed E-state index contributed by atoms with van der Waals surface area (Å²) < 4.78 is 0. The number of hydrogen-bond donors (Lipinski definition) is 1. The van der Waals surface area contributed by atoms with E-state index in [9.17, 15) is 0 Å². The van der Waals surface area contributed by atoms with E-state index < -0.39 is 0 Å². The summed E-state index contributed by atoms with van der Waals surface area (Å²) >= 11 is 12.0. The topological polar surface area (TPSA) is 50.2 Å². The highest BCUT2D eigenvalue weighted by molar-refractivity contribution is 6.42. The van der Waals surface area contributed by atoms with Crippen LogP contribution < -0.4 is 5.43 Å². The zero-order valence-corrected chi connectivity index (χ0v) is 15.3. The van der Waals surface area contributed by atoms with E-state index >= 15 is 0 Å². The summed E-state index contributed by atoms with van der Waals surface area (Å²) in [5, 5.41) is 5.40. The molecule has 126 valence electrons. The molecule has 25 heavy (non-hydrogen) atoms. The quantitative estimate of drug-likeness (QED) is 0.480. The Morgan fingerprint density at radius 2 is 1.72 bits per heavy atom. The first-order valence-electron chi connectivity index (χ1n) is 7.70. The van der Waals surface area contributed by atoms with Gasteiger partial charge in [-0.25, -0.2) is 9.97 Å². The Bertz CT molecular complexity index is 924. The first-order chi connectivity index (χ1) is 12.0. The lowest BCUT2D eigenvalue weighted by Gasteiger charge is -2.07. The zero-order valence-electron chi connectivity index (χ0n) is 13.8. The molecule has 0 spiro atoms. The minimum Gasteiger partial charge on any atom is -0.261 e. The lowest BCUT2D eigenvalue weighted by atomic mass is 10.1. The average molecular weight is 371 g/mol. The fourth-order valence-electron chi connectivity index (χ4n) is 2.31. The zero-order chi connectivity index (χ0) is 17.8. The number of hydrogen-bond acceptors (Lipinski definition) is 4. The molecule has 0 atom stereocenters. The number of nitrogens with zero attached hydrogens (tertiary/aromatic N) is 3. The summed E-state index contributed by atoms with van der Waals surface area (Å²) in [5.41, 5.74) is 6.52. The summed E-state index contributed by atoms with van der Waals surface area (Å²) in [6, 6.07) is 17.2. The molecule has 1 heterocycles. The molecule has 4 nitrogen and oxygen atoms in total. The Morgan fingerprint density at radius 3 is 2.44 bits per heavy atom. The largest absolute Gasteiger partial charge is 0.261 e. The number of hydrazone groups is 1. The second-order valence-electron chi connectivity index (χ2n) is 5.49. The molecular weight excluding hydrogens is 355 g/mol. The summed E-state index contributed by atoms with van der Waals surface area (Å²) in [6.07, 6.45) is 0. The first-order valence-corrected chi connectivity index (χ1v) is 8.45. The van der Waals surface area contributed by atoms with Gasteiger partial charge < -0.3 is 0 Å². The van der Waals surface area contributed by atoms with Crippen molar-refractivity contribution in [3.05, 3.63) is 76.0 Å². The van der Waals surface area contributed by atoms with Crippen LogP contribution in [0.5, 0.6) is 0 Å². The average Bonchev–Trinajstić information content (AvgIpc) is 2.62. The number of aryl methyl sites for hydroxylation is 1. The van der Waals surface area contributed by atoms with Crippen LogP contribution in [0.2, 0.25) is 10.0 Å². The van der Waals surface area contributed by atoms with E-state index in [1.54, 1.807) is 12.1 Å². The number of anilines is 1. The van der Waals surface area contributed by atoms with Gasteiger partial charge in [0, 0.05) is 11.6 Å². The molecule has 0 unspecified atom stereocenters. The SMILES string of the molecule is C/C(=N/Nc1cc(-c2ccccc2)nc(C)n1)c1ccc(Cl)c(Cl)c1. The van der Waals surface area contributed by atoms with E-state index in [1.807, 2.05) is 56.3 Å². The molecule has 6 heteroatoms. The highest BCUT2D eigenvalue weighted by atomic mass is 35.5. The van der Waals surface area contributed by atoms with E-state index in [0.717, 1.165) is 22.5 Å². The van der Waals surface area contributed by atoms with E-state index in [-0.39, 0.29) is 0 Å². The van der Waals surface area contributed by atoms with Crippen molar-refractivity contribution in [1.29, 1.82) is 0 Å². The number of aromatic nitrogens is 2. The lowest BCUT2D eigenvalue weighted by molar-refractivity contribution is 1.05. The van der Waals surface area contributed by atoms with Crippen molar-refractivity contribution in [2.45, 2.75) is 13.8 Å². The summed E-state index contributed by atoms with van der Waals surface area (Å²) in [6.45, 7) is 3.74. The molecule has 0 fully saturated rings. The molecule has 0 saturated carbocycles. The second kappa shape index (κ2) is 7.64. The lowest BCUT2D eigenvalue weighted by Crippen LogP contribution is -2.03. The summed E-state index contributed by atoms with van der Waals surface area (Å²) in [4.78, 5) is 8.86. The first kappa shape index (κ1) is 17.4. The molecule has 3 rings (SSSR count). The minimum atomic E-state index is 0.498. The maximum Gasteiger partial charge on any atom is 0.150 e. The third kappa shape index (κ3) is 4.35. The second-order valence-corrected chi connectivity index (χ2v) is 6.30. The Morgan fingerprint density at radius 1 is 0.960 bits per heavy atom. The van der Waals surface area contributed by atoms with Gasteiger partial charge in [0.25, 0.3) is 0 Å². The highest BCUT2D eigenvalue weighted by Gasteiger charge is 2.05. The monoisotopic (exact) mass is 370 g/mol. The summed E-state index contributed by atoms with van der Waals surface area (Å²) in [7, 11) is 0. The van der Waals surface area contributed by atoms with E-state index in [0.29, 0.717) is 21.7 Å². The van der Waals surface area contributed by atoms with E-state index in [2.05, 4.69) is 20.5 Å². The third-order valence-corrected chi connectivity index (χ3v) is 4.32. The molecule has 2 aromatic carbocycles. The maximum atomic E-state index is 6.06. The number of halogens is 2. The van der Waals surface area contributed by atoms with Crippen molar-refractivity contribution in [2.24, 2.45) is 5.10 Å². The number of rotatable bonds is 4. The van der Waals surface area contributed by atoms with Crippen molar-refractivity contribution in [1.82, 2.24) is 9.97 Å². The number of nitrogens with one attached hydrogen (secondary N) is 1. The van der Waals surface area contributed by atoms with Crippen molar-refractivity contribution in [3.63, 3.8) is 0 Å². The van der Waals surface area contributed by atoms with Gasteiger partial charge in [-0.05, 0) is 31.5 Å². The summed E-state index contributed by atoms with van der Waals surface area (Å²) in [5.74, 6) is 1.30. The van der Waals surface area contributed by atoms with Gasteiger partial charge in [0.05, 0.1) is 21.5 Å². The Kier molecular flexibility index (Phi) is 5.31. The standard InChI is InChI=1S/C19H16Cl2N4/c1-12(15-8-9-16(20)17(21)10-15)24-25-19-11-18(22-13(2)23-19)14-6-4-3-5-7-14/h3-11H,1-2H3,(H,22,23,25)/b24-12-. The van der Waals surface area contributed by atoms with Crippen LogP contribution in [0.15, 0.2) is 59.7 Å². The molecule has 1 aromatic heterocycles. The van der Waals surface area contributed by atoms with Gasteiger partial charge in [0.15, 0.2) is 0 Å². The molecule has 3 aromatic rings. The predicted molar refractivity (Wildman–Crippen MR) is 105 cm³/mol. The van der Waals surface area contributed by atoms with Gasteiger partial charge in [-0.3, -0.25) is 5.43 Å². The smallest absolute Gasteiger partial charge is 0.150 e. The normalized spacial score (nSPS) is 11.4. The fraction of sp³-hybridized carbons (Fsp3) is 0.105. The van der Waals surface area contributed by atoms with Gasteiger partial charge >= 0.3 is 0 Å². The number of benzene rings is 2. The molecule has 0 aliphatic rings. The van der Waals surface area contributed by atoms with Crippen molar-refractivity contribution >= 4 is 34.7 Å². The molecule has 0 saturated heterocycles. The van der Waals surface area contributed by atoms with Gasteiger partial charge in [-0.2, -0.15) is 5.10 Å². The van der Waals surface area contributed by atoms with Crippen molar-refractivity contribution < 1.29 is 0 Å². The van der Waals surface area contributed by atoms with Gasteiger partial charge in [-0.1, -0.05) is 59.6 Å². The molecule has 0 aliphatic heterocycles. The van der Waals surface area contributed by atoms with Gasteiger partial charge in [-0.15, -0.1) is 0 Å². The molecule has 0 aliphatic carbocycles. The maximum absolute atomic E-state index is 6.06. The molecule has 0 amide bonds. The van der Waals surface area contributed by atoms with Crippen LogP contribution in [0.4, 0.5) is 5.82 Å². The third-order valence-electron chi connectivity index (χ3n) is 3.58. The van der Waals surface area contributed by atoms with Crippen LogP contribution in [0.25, 0.3) is 11.3 Å². The van der Waals surface area contributed by atoms with Crippen LogP contribution in [-0.2, 0) is 0 Å². The predicted octanol–water partition coefficient (Wildman–Crippen LogP) is 5.59. The van der Waals surface area contributed by atoms with Gasteiger partial charge in [0.1, 0.15) is 11.6 Å². The van der Waals surface area contributed by atoms with Crippen LogP contribution in [0.3, 0.4) is 0 Å². The Balaban J connectivity index is 1.85. The van der Waals surface area contributed by atoms with Crippen LogP contribution in [0, 0.1) is 6.92 Å². The van der Waals surface area contributed by atoms with Crippen LogP contribution in [-0.4, -0.2) is 15.7 Å². The molecule has 0 bridgehead atoms. The highest BCUT2D eigenvalue weighted by Crippen LogP contribution is 2.23. The van der Waals surface area contributed by atoms with E-state index in [4.69, 9.17) is 23.2 Å². The molecule has 1 N–H and O–H groups in total. The fourth-order valence-corrected chi connectivity index (χ4v) is 2.61. The van der Waals surface area contributed by atoms with Gasteiger partial charge in [0.2, 0.25) is 0 Å². The van der Waals surface area contributed by atoms with Crippen LogP contribution >= 0.6 is 23.2 Å². The molecule has 0 radical (unpaired) electrons. The Labute approximate surface area is 156 Å². The van der Waals surface area contributed by atoms with Crippen molar-refractivity contribution in [2.75, 3.05) is 5.43 Å². The molecular formula is C19H16Cl2N4. The van der Waals surface area contributed by atoms with E-state index in [1.165, 1.54) is 0 Å². The Hall–Kier alpha value is -2.43. The van der Waals surface area contributed by atoms with Crippen molar-refractivity contribution in [3.8, 4) is 11.3 Å². The van der Waals surface area contributed by atoms with Crippen LogP contribution in [0.1, 0.15) is 18.3 Å².